The van der Waals surface area contributed by atoms with Crippen LogP contribution in [-0.2, 0) is 24.1 Å². The van der Waals surface area contributed by atoms with Crippen molar-refractivity contribution >= 4 is 33.2 Å². The van der Waals surface area contributed by atoms with E-state index in [0.29, 0.717) is 6.54 Å². The molecule has 1 fully saturated rings. The summed E-state index contributed by atoms with van der Waals surface area (Å²) in [5.74, 6) is 2.81. The zero-order valence-corrected chi connectivity index (χ0v) is 18.1. The highest BCUT2D eigenvalue weighted by atomic mass is 32.1. The third-order valence-electron chi connectivity index (χ3n) is 5.69. The van der Waals surface area contributed by atoms with E-state index in [2.05, 4.69) is 41.2 Å². The monoisotopic (exact) mass is 409 g/mol. The molecule has 6 nitrogen and oxygen atoms in total. The lowest BCUT2D eigenvalue weighted by Gasteiger charge is -2.36. The lowest BCUT2D eigenvalue weighted by Crippen LogP contribution is -2.45. The Bertz CT molecular complexity index is 1020. The van der Waals surface area contributed by atoms with Gasteiger partial charge in [-0.15, -0.1) is 11.3 Å². The zero-order chi connectivity index (χ0) is 20.0. The fourth-order valence-corrected chi connectivity index (χ4v) is 5.80. The topological polar surface area (TPSA) is 63.2 Å². The predicted octanol–water partition coefficient (Wildman–Crippen LogP) is 4.11. The standard InChI is InChI=1S/C22H27N5OS/c1-13-11-27(12-14(2)28-13)19-8-7-16(9-23-19)10-24-21-20-17-5-4-6-18(17)29-22(20)26-15(3)25-21/h7-9,13-14H,4-6,10-12H2,1-3H3,(H,24,25,26). The van der Waals surface area contributed by atoms with Crippen molar-refractivity contribution in [3.63, 3.8) is 0 Å². The summed E-state index contributed by atoms with van der Waals surface area (Å²) in [5.41, 5.74) is 2.61. The van der Waals surface area contributed by atoms with Crippen molar-refractivity contribution in [3.8, 4) is 0 Å². The first-order valence-electron chi connectivity index (χ1n) is 10.4. The molecule has 2 aliphatic rings. The smallest absolute Gasteiger partial charge is 0.139 e. The molecule has 3 aromatic heterocycles. The number of thiophene rings is 1. The van der Waals surface area contributed by atoms with Gasteiger partial charge in [-0.25, -0.2) is 15.0 Å². The average molecular weight is 410 g/mol. The van der Waals surface area contributed by atoms with Crippen LogP contribution in [0.2, 0.25) is 0 Å². The molecule has 2 atom stereocenters. The number of nitrogens with zero attached hydrogens (tertiary/aromatic N) is 4. The van der Waals surface area contributed by atoms with Gasteiger partial charge in [0.15, 0.2) is 0 Å². The van der Waals surface area contributed by atoms with Gasteiger partial charge >= 0.3 is 0 Å². The molecule has 4 heterocycles. The van der Waals surface area contributed by atoms with Crippen molar-refractivity contribution in [1.82, 2.24) is 15.0 Å². The molecule has 5 rings (SSSR count). The highest BCUT2D eigenvalue weighted by Crippen LogP contribution is 2.39. The van der Waals surface area contributed by atoms with Crippen LogP contribution in [-0.4, -0.2) is 40.2 Å². The maximum atomic E-state index is 5.83. The van der Waals surface area contributed by atoms with E-state index in [4.69, 9.17) is 14.7 Å². The summed E-state index contributed by atoms with van der Waals surface area (Å²) in [6, 6.07) is 4.27. The van der Waals surface area contributed by atoms with Crippen LogP contribution in [0.15, 0.2) is 18.3 Å². The number of aromatic nitrogens is 3. The first-order chi connectivity index (χ1) is 14.1. The normalized spacial score (nSPS) is 21.6. The van der Waals surface area contributed by atoms with Crippen LogP contribution in [0.25, 0.3) is 10.2 Å². The molecule has 0 saturated carbocycles. The number of aryl methyl sites for hydroxylation is 3. The van der Waals surface area contributed by atoms with Crippen molar-refractivity contribution < 1.29 is 4.74 Å². The van der Waals surface area contributed by atoms with E-state index in [1.807, 2.05) is 24.5 Å². The number of rotatable bonds is 4. The van der Waals surface area contributed by atoms with Crippen molar-refractivity contribution in [1.29, 1.82) is 0 Å². The van der Waals surface area contributed by atoms with E-state index >= 15 is 0 Å². The summed E-state index contributed by atoms with van der Waals surface area (Å²) in [4.78, 5) is 19.0. The number of nitrogens with one attached hydrogen (secondary N) is 1. The summed E-state index contributed by atoms with van der Waals surface area (Å²) < 4.78 is 5.83. The van der Waals surface area contributed by atoms with Gasteiger partial charge in [0.1, 0.15) is 22.3 Å². The van der Waals surface area contributed by atoms with Crippen LogP contribution in [0.4, 0.5) is 11.6 Å². The molecule has 3 aromatic rings. The van der Waals surface area contributed by atoms with Gasteiger partial charge in [0.05, 0.1) is 17.6 Å². The number of anilines is 2. The van der Waals surface area contributed by atoms with Crippen molar-refractivity contribution in [2.75, 3.05) is 23.3 Å². The lowest BCUT2D eigenvalue weighted by molar-refractivity contribution is -0.00545. The van der Waals surface area contributed by atoms with Crippen LogP contribution in [0.3, 0.4) is 0 Å². The van der Waals surface area contributed by atoms with Gasteiger partial charge in [-0.2, -0.15) is 0 Å². The number of hydrogen-bond donors (Lipinski definition) is 1. The molecule has 2 unspecified atom stereocenters. The minimum Gasteiger partial charge on any atom is -0.372 e. The van der Waals surface area contributed by atoms with Gasteiger partial charge in [-0.05, 0) is 57.2 Å². The first kappa shape index (κ1) is 18.8. The van der Waals surface area contributed by atoms with Gasteiger partial charge in [-0.1, -0.05) is 6.07 Å². The second kappa shape index (κ2) is 7.54. The van der Waals surface area contributed by atoms with E-state index in [1.165, 1.54) is 28.7 Å². The predicted molar refractivity (Wildman–Crippen MR) is 118 cm³/mol. The van der Waals surface area contributed by atoms with Gasteiger partial charge < -0.3 is 15.0 Å². The van der Waals surface area contributed by atoms with E-state index in [0.717, 1.165) is 47.4 Å². The molecule has 7 heteroatoms. The zero-order valence-electron chi connectivity index (χ0n) is 17.2. The average Bonchev–Trinajstić information content (AvgIpc) is 3.26. The summed E-state index contributed by atoms with van der Waals surface area (Å²) >= 11 is 1.84. The Hall–Kier alpha value is -2.25. The van der Waals surface area contributed by atoms with Gasteiger partial charge in [-0.3, -0.25) is 0 Å². The number of morpholine rings is 1. The molecule has 152 valence electrons. The maximum absolute atomic E-state index is 5.83. The molecule has 1 N–H and O–H groups in total. The minimum absolute atomic E-state index is 0.234. The summed E-state index contributed by atoms with van der Waals surface area (Å²) in [7, 11) is 0. The van der Waals surface area contributed by atoms with Crippen LogP contribution >= 0.6 is 11.3 Å². The molecular weight excluding hydrogens is 382 g/mol. The highest BCUT2D eigenvalue weighted by molar-refractivity contribution is 7.19. The van der Waals surface area contributed by atoms with E-state index in [-0.39, 0.29) is 12.2 Å². The fraction of sp³-hybridized carbons (Fsp3) is 0.500. The Morgan fingerprint density at radius 1 is 1.17 bits per heavy atom. The SMILES string of the molecule is Cc1nc(NCc2ccc(N3CC(C)OC(C)C3)nc2)c2c3c(sc2n1)CCC3. The number of pyridine rings is 1. The van der Waals surface area contributed by atoms with Gasteiger partial charge in [0.25, 0.3) is 0 Å². The van der Waals surface area contributed by atoms with Crippen LogP contribution in [0.5, 0.6) is 0 Å². The number of fused-ring (bicyclic) bond motifs is 3. The minimum atomic E-state index is 0.234. The first-order valence-corrected chi connectivity index (χ1v) is 11.3. The van der Waals surface area contributed by atoms with Crippen LogP contribution in [0.1, 0.15) is 42.1 Å². The number of hydrogen-bond acceptors (Lipinski definition) is 7. The molecule has 0 amide bonds. The Balaban J connectivity index is 1.33. The van der Waals surface area contributed by atoms with E-state index in [1.54, 1.807) is 0 Å². The van der Waals surface area contributed by atoms with Crippen LogP contribution in [0, 0.1) is 6.92 Å². The highest BCUT2D eigenvalue weighted by Gasteiger charge is 2.23. The summed E-state index contributed by atoms with van der Waals surface area (Å²) in [6.45, 7) is 8.68. The van der Waals surface area contributed by atoms with Crippen LogP contribution < -0.4 is 10.2 Å². The lowest BCUT2D eigenvalue weighted by atomic mass is 10.2. The van der Waals surface area contributed by atoms with Crippen molar-refractivity contribution in [2.24, 2.45) is 0 Å². The third-order valence-corrected chi connectivity index (χ3v) is 6.87. The summed E-state index contributed by atoms with van der Waals surface area (Å²) in [6.07, 6.45) is 6.00. The van der Waals surface area contributed by atoms with Crippen molar-refractivity contribution in [3.05, 3.63) is 40.2 Å². The third kappa shape index (κ3) is 3.69. The molecule has 0 bridgehead atoms. The Kier molecular flexibility index (Phi) is 4.87. The van der Waals surface area contributed by atoms with E-state index in [9.17, 15) is 0 Å². The molecule has 29 heavy (non-hydrogen) atoms. The largest absolute Gasteiger partial charge is 0.372 e. The molecule has 1 saturated heterocycles. The molecule has 1 aliphatic heterocycles. The summed E-state index contributed by atoms with van der Waals surface area (Å²) in [5, 5.41) is 4.79. The Morgan fingerprint density at radius 2 is 2.00 bits per heavy atom. The Morgan fingerprint density at radius 3 is 2.76 bits per heavy atom. The molecular formula is C22H27N5OS. The fourth-order valence-electron chi connectivity index (χ4n) is 4.49. The second-order valence-electron chi connectivity index (χ2n) is 8.20. The molecule has 1 aliphatic carbocycles. The molecule has 0 radical (unpaired) electrons. The number of ether oxygens (including phenoxy) is 1. The maximum Gasteiger partial charge on any atom is 0.139 e. The molecule has 0 spiro atoms. The second-order valence-corrected chi connectivity index (χ2v) is 9.28. The quantitative estimate of drug-likeness (QED) is 0.700. The van der Waals surface area contributed by atoms with Gasteiger partial charge in [0, 0.05) is 30.7 Å². The van der Waals surface area contributed by atoms with Crippen molar-refractivity contribution in [2.45, 2.75) is 58.8 Å². The molecule has 0 aromatic carbocycles. The Labute approximate surface area is 175 Å². The van der Waals surface area contributed by atoms with Gasteiger partial charge in [0.2, 0.25) is 0 Å². The van der Waals surface area contributed by atoms with E-state index < -0.39 is 0 Å².